The summed E-state index contributed by atoms with van der Waals surface area (Å²) in [5.41, 5.74) is 7.76. The van der Waals surface area contributed by atoms with Crippen LogP contribution >= 0.6 is 0 Å². The molecule has 0 radical (unpaired) electrons. The monoisotopic (exact) mass is 582 g/mol. The maximum absolute atomic E-state index is 13.3. The number of amides is 3. The number of hydrogen-bond donors (Lipinski definition) is 6. The van der Waals surface area contributed by atoms with Crippen molar-refractivity contribution >= 4 is 40.7 Å². The minimum Gasteiger partial charge on any atom is -0.479 e. The number of pyridine rings is 1. The predicted octanol–water partition coefficient (Wildman–Crippen LogP) is 1.84. The van der Waals surface area contributed by atoms with Gasteiger partial charge in [-0.25, -0.2) is 10.2 Å². The second-order valence-corrected chi connectivity index (χ2v) is 11.8. The number of carboxylic acids is 1. The number of hydrazine groups is 1. The van der Waals surface area contributed by atoms with E-state index >= 15 is 0 Å². The molecule has 7 N–H and O–H groups in total. The van der Waals surface area contributed by atoms with Crippen LogP contribution in [-0.4, -0.2) is 68.2 Å². The minimum absolute atomic E-state index is 0.153. The van der Waals surface area contributed by atoms with Gasteiger partial charge in [0.25, 0.3) is 5.91 Å². The fraction of sp³-hybridized carbons (Fsp3) is 0.500. The van der Waals surface area contributed by atoms with Crippen LogP contribution in [-0.2, 0) is 19.2 Å². The number of nitrogens with two attached hydrogens (primary N) is 1. The van der Waals surface area contributed by atoms with Gasteiger partial charge < -0.3 is 26.6 Å². The Hall–Kier alpha value is -3.87. The number of carbonyl (C=O) groups is 4. The second-order valence-electron chi connectivity index (χ2n) is 11.8. The number of carbonyl (C=O) groups excluding carboxylic acids is 3. The molecule has 4 atom stereocenters. The van der Waals surface area contributed by atoms with Gasteiger partial charge in [-0.1, -0.05) is 44.2 Å². The molecule has 1 fully saturated rings. The van der Waals surface area contributed by atoms with Gasteiger partial charge in [0.05, 0.1) is 22.7 Å². The van der Waals surface area contributed by atoms with Gasteiger partial charge in [0.2, 0.25) is 11.8 Å². The summed E-state index contributed by atoms with van der Waals surface area (Å²) in [6.45, 7) is 10.4. The highest BCUT2D eigenvalue weighted by atomic mass is 16.4. The molecular weight excluding hydrogens is 540 g/mol. The van der Waals surface area contributed by atoms with E-state index in [1.54, 1.807) is 52.8 Å². The number of aliphatic carboxylic acids is 1. The van der Waals surface area contributed by atoms with E-state index in [4.69, 9.17) is 5.73 Å². The molecule has 1 aliphatic heterocycles. The molecule has 3 rings (SSSR count). The molecule has 12 heteroatoms. The Morgan fingerprint density at radius 2 is 1.79 bits per heavy atom. The van der Waals surface area contributed by atoms with Gasteiger partial charge in [-0.3, -0.25) is 24.4 Å². The van der Waals surface area contributed by atoms with E-state index < -0.39 is 47.0 Å². The van der Waals surface area contributed by atoms with Crippen LogP contribution in [0.15, 0.2) is 36.4 Å². The standard InChI is InChI=1S/C30H42N6O6/c1-17(2)24(25(38)32-18(3)26(39)36-15-7-13-30(31,35-36)28(41)42)34-27(40)29(5,6)14-12-20-8-9-21-10-11-22(19(4)37)33-23(21)16-20/h8-12,14,16-19,24,35,37H,7,13,15,31H2,1-6H3,(H,32,38)(H,34,40)(H,41,42)/b14-12+/t18-,19+,24-,30?/m0/s1. The van der Waals surface area contributed by atoms with Crippen molar-refractivity contribution in [1.82, 2.24) is 26.1 Å². The third kappa shape index (κ3) is 7.69. The average Bonchev–Trinajstić information content (AvgIpc) is 2.93. The molecule has 0 bridgehead atoms. The third-order valence-electron chi connectivity index (χ3n) is 7.34. The van der Waals surface area contributed by atoms with Crippen molar-refractivity contribution < 1.29 is 29.4 Å². The SMILES string of the molecule is CC(C)[C@H](NC(=O)C(C)(C)/C=C/c1ccc2ccc([C@@H](C)O)nc2c1)C(=O)N[C@@H](C)C(=O)N1CCCC(N)(C(=O)O)N1. The smallest absolute Gasteiger partial charge is 0.340 e. The second kappa shape index (κ2) is 13.0. The van der Waals surface area contributed by atoms with Gasteiger partial charge >= 0.3 is 5.97 Å². The first kappa shape index (κ1) is 32.6. The number of nitrogens with one attached hydrogen (secondary N) is 3. The minimum atomic E-state index is -1.77. The van der Waals surface area contributed by atoms with Gasteiger partial charge in [-0.05, 0) is 64.2 Å². The lowest BCUT2D eigenvalue weighted by molar-refractivity contribution is -0.155. The molecule has 2 aromatic rings. The lowest BCUT2D eigenvalue weighted by Gasteiger charge is -2.39. The number of fused-ring (bicyclic) bond motifs is 1. The van der Waals surface area contributed by atoms with E-state index in [1.807, 2.05) is 24.3 Å². The quantitative estimate of drug-likeness (QED) is 0.243. The first-order valence-electron chi connectivity index (χ1n) is 14.0. The van der Waals surface area contributed by atoms with Crippen LogP contribution in [0.2, 0.25) is 0 Å². The van der Waals surface area contributed by atoms with Crippen molar-refractivity contribution in [2.75, 3.05) is 6.54 Å². The Morgan fingerprint density at radius 1 is 1.12 bits per heavy atom. The summed E-state index contributed by atoms with van der Waals surface area (Å²) in [6, 6.07) is 7.44. The van der Waals surface area contributed by atoms with E-state index in [2.05, 4.69) is 21.0 Å². The molecule has 0 spiro atoms. The first-order valence-corrected chi connectivity index (χ1v) is 14.0. The Balaban J connectivity index is 1.67. The number of hydrogen-bond acceptors (Lipinski definition) is 8. The highest BCUT2D eigenvalue weighted by Gasteiger charge is 2.41. The molecule has 0 saturated carbocycles. The molecule has 3 amide bonds. The summed E-state index contributed by atoms with van der Waals surface area (Å²) in [5.74, 6) is -3.03. The molecule has 1 saturated heterocycles. The van der Waals surface area contributed by atoms with Crippen LogP contribution in [0, 0.1) is 11.3 Å². The van der Waals surface area contributed by atoms with Crippen LogP contribution in [0.25, 0.3) is 17.0 Å². The Bertz CT molecular complexity index is 1370. The highest BCUT2D eigenvalue weighted by molar-refractivity contribution is 5.94. The number of benzene rings is 1. The van der Waals surface area contributed by atoms with Gasteiger partial charge in [0, 0.05) is 11.9 Å². The van der Waals surface area contributed by atoms with E-state index in [9.17, 15) is 29.4 Å². The number of aliphatic hydroxyl groups excluding tert-OH is 1. The Kier molecular flexibility index (Phi) is 10.1. The summed E-state index contributed by atoms with van der Waals surface area (Å²) in [4.78, 5) is 55.4. The molecule has 42 heavy (non-hydrogen) atoms. The van der Waals surface area contributed by atoms with Gasteiger partial charge in [0.1, 0.15) is 12.1 Å². The zero-order valence-corrected chi connectivity index (χ0v) is 25.0. The van der Waals surface area contributed by atoms with Crippen LogP contribution in [0.5, 0.6) is 0 Å². The number of aliphatic hydroxyl groups is 1. The van der Waals surface area contributed by atoms with Crippen LogP contribution in [0.1, 0.15) is 71.7 Å². The summed E-state index contributed by atoms with van der Waals surface area (Å²) in [6.07, 6.45) is 3.40. The molecule has 1 aromatic heterocycles. The maximum Gasteiger partial charge on any atom is 0.340 e. The fourth-order valence-corrected chi connectivity index (χ4v) is 4.52. The van der Waals surface area contributed by atoms with E-state index in [-0.39, 0.29) is 24.8 Å². The van der Waals surface area contributed by atoms with Gasteiger partial charge in [-0.15, -0.1) is 0 Å². The Morgan fingerprint density at radius 3 is 2.40 bits per heavy atom. The topological polar surface area (TPSA) is 187 Å². The summed E-state index contributed by atoms with van der Waals surface area (Å²) in [7, 11) is 0. The van der Waals surface area contributed by atoms with Gasteiger partial charge in [-0.2, -0.15) is 0 Å². The largest absolute Gasteiger partial charge is 0.479 e. The van der Waals surface area contributed by atoms with Crippen LogP contribution < -0.4 is 21.8 Å². The summed E-state index contributed by atoms with van der Waals surface area (Å²) >= 11 is 0. The first-order chi connectivity index (χ1) is 19.5. The summed E-state index contributed by atoms with van der Waals surface area (Å²) in [5, 5.41) is 26.7. The van der Waals surface area contributed by atoms with Crippen molar-refractivity contribution in [3.8, 4) is 0 Å². The third-order valence-corrected chi connectivity index (χ3v) is 7.34. The Labute approximate surface area is 245 Å². The molecule has 1 aromatic carbocycles. The van der Waals surface area contributed by atoms with Crippen molar-refractivity contribution in [3.63, 3.8) is 0 Å². The van der Waals surface area contributed by atoms with Crippen molar-refractivity contribution in [3.05, 3.63) is 47.7 Å². The van der Waals surface area contributed by atoms with Gasteiger partial charge in [0.15, 0.2) is 5.66 Å². The van der Waals surface area contributed by atoms with Crippen LogP contribution in [0.3, 0.4) is 0 Å². The molecule has 0 aliphatic carbocycles. The number of aromatic nitrogens is 1. The average molecular weight is 583 g/mol. The van der Waals surface area contributed by atoms with E-state index in [0.717, 1.165) is 21.5 Å². The number of carboxylic acid groups (broad SMARTS) is 1. The normalized spacial score (nSPS) is 19.9. The molecule has 12 nitrogen and oxygen atoms in total. The molecule has 2 heterocycles. The number of nitrogens with zero attached hydrogens (tertiary/aromatic N) is 2. The van der Waals surface area contributed by atoms with Crippen molar-refractivity contribution in [2.24, 2.45) is 17.1 Å². The molecule has 1 aliphatic rings. The van der Waals surface area contributed by atoms with Crippen molar-refractivity contribution in [2.45, 2.75) is 78.2 Å². The summed E-state index contributed by atoms with van der Waals surface area (Å²) < 4.78 is 0. The highest BCUT2D eigenvalue weighted by Crippen LogP contribution is 2.23. The predicted molar refractivity (Wildman–Crippen MR) is 158 cm³/mol. The molecule has 1 unspecified atom stereocenters. The van der Waals surface area contributed by atoms with E-state index in [1.165, 1.54) is 6.92 Å². The van der Waals surface area contributed by atoms with Crippen LogP contribution in [0.4, 0.5) is 0 Å². The fourth-order valence-electron chi connectivity index (χ4n) is 4.52. The lowest BCUT2D eigenvalue weighted by Crippen LogP contribution is -2.70. The molecule has 228 valence electrons. The molecular formula is C30H42N6O6. The van der Waals surface area contributed by atoms with E-state index in [0.29, 0.717) is 12.1 Å². The zero-order chi connectivity index (χ0) is 31.4. The maximum atomic E-state index is 13.3. The number of rotatable bonds is 10. The van der Waals surface area contributed by atoms with Crippen molar-refractivity contribution in [1.29, 1.82) is 0 Å². The zero-order valence-electron chi connectivity index (χ0n) is 25.0. The lowest BCUT2D eigenvalue weighted by atomic mass is 9.89.